The van der Waals surface area contributed by atoms with Crippen LogP contribution in [0.15, 0.2) is 91.2 Å². The normalized spacial score (nSPS) is 12.5. The van der Waals surface area contributed by atoms with Gasteiger partial charge in [-0.15, -0.1) is 0 Å². The molecule has 0 fully saturated rings. The molecule has 0 aliphatic heterocycles. The maximum Gasteiger partial charge on any atom is 0.0419 e. The van der Waals surface area contributed by atoms with Crippen molar-refractivity contribution in [1.29, 1.82) is 0 Å². The van der Waals surface area contributed by atoms with Crippen molar-refractivity contribution < 1.29 is 0 Å². The van der Waals surface area contributed by atoms with Crippen LogP contribution in [0.5, 0.6) is 0 Å². The smallest absolute Gasteiger partial charge is 0.0419 e. The summed E-state index contributed by atoms with van der Waals surface area (Å²) in [7, 11) is 0. The van der Waals surface area contributed by atoms with Crippen LogP contribution in [0, 0.1) is 10.8 Å². The highest BCUT2D eigenvalue weighted by Crippen LogP contribution is 2.32. The van der Waals surface area contributed by atoms with Gasteiger partial charge in [-0.05, 0) is 66.0 Å². The lowest BCUT2D eigenvalue weighted by atomic mass is 9.81. The molecule has 0 saturated heterocycles. The van der Waals surface area contributed by atoms with Gasteiger partial charge in [-0.1, -0.05) is 144 Å². The monoisotopic (exact) mass is 505 g/mol. The van der Waals surface area contributed by atoms with E-state index in [9.17, 15) is 0 Å². The third-order valence-electron chi connectivity index (χ3n) is 7.19. The fourth-order valence-corrected chi connectivity index (χ4v) is 3.74. The van der Waals surface area contributed by atoms with E-state index in [2.05, 4.69) is 127 Å². The minimum Gasteiger partial charge on any atom is -0.338 e. The van der Waals surface area contributed by atoms with Gasteiger partial charge in [0.1, 0.15) is 0 Å². The van der Waals surface area contributed by atoms with Crippen molar-refractivity contribution in [3.05, 3.63) is 96.8 Å². The zero-order chi connectivity index (χ0) is 28.9. The largest absolute Gasteiger partial charge is 0.338 e. The van der Waals surface area contributed by atoms with Crippen LogP contribution >= 0.6 is 0 Å². The Labute approximate surface area is 232 Å². The number of rotatable bonds is 14. The molecule has 1 aromatic rings. The van der Waals surface area contributed by atoms with Gasteiger partial charge in [-0.25, -0.2) is 0 Å². The van der Waals surface area contributed by atoms with E-state index < -0.39 is 0 Å². The molecule has 1 aromatic carbocycles. The minimum atomic E-state index is 0.170. The van der Waals surface area contributed by atoms with E-state index in [-0.39, 0.29) is 5.41 Å². The van der Waals surface area contributed by atoms with Crippen molar-refractivity contribution in [2.75, 3.05) is 11.4 Å². The highest BCUT2D eigenvalue weighted by Gasteiger charge is 2.19. The van der Waals surface area contributed by atoms with E-state index in [4.69, 9.17) is 0 Å². The van der Waals surface area contributed by atoms with Gasteiger partial charge in [0.05, 0.1) is 0 Å². The summed E-state index contributed by atoms with van der Waals surface area (Å²) in [4.78, 5) is 2.35. The van der Waals surface area contributed by atoms with Crippen molar-refractivity contribution >= 4 is 11.8 Å². The van der Waals surface area contributed by atoms with Crippen LogP contribution in [-0.2, 0) is 0 Å². The molecule has 37 heavy (non-hydrogen) atoms. The predicted molar refractivity (Wildman–Crippen MR) is 174 cm³/mol. The van der Waals surface area contributed by atoms with Gasteiger partial charge >= 0.3 is 0 Å². The molecule has 0 heterocycles. The fourth-order valence-electron chi connectivity index (χ4n) is 3.74. The average molecular weight is 506 g/mol. The summed E-state index contributed by atoms with van der Waals surface area (Å²) >= 11 is 0. The number of hydrogen-bond acceptors (Lipinski definition) is 1. The van der Waals surface area contributed by atoms with E-state index in [1.54, 1.807) is 0 Å². The Morgan fingerprint density at radius 2 is 1.51 bits per heavy atom. The molecule has 0 aromatic heterocycles. The summed E-state index contributed by atoms with van der Waals surface area (Å²) in [5.74, 6) is 0. The molecular formula is C36H59N. The van der Waals surface area contributed by atoms with Crippen molar-refractivity contribution in [3.8, 4) is 0 Å². The Morgan fingerprint density at radius 3 is 2.00 bits per heavy atom. The Bertz CT molecular complexity index is 872. The second kappa shape index (κ2) is 20.5. The molecule has 0 unspecified atom stereocenters. The molecule has 0 aliphatic carbocycles. The Morgan fingerprint density at radius 1 is 0.892 bits per heavy atom. The lowest BCUT2D eigenvalue weighted by Crippen LogP contribution is -2.22. The van der Waals surface area contributed by atoms with E-state index >= 15 is 0 Å². The summed E-state index contributed by atoms with van der Waals surface area (Å²) in [6.45, 7) is 32.7. The van der Waals surface area contributed by atoms with Crippen molar-refractivity contribution in [2.24, 2.45) is 10.8 Å². The first-order valence-corrected chi connectivity index (χ1v) is 14.5. The van der Waals surface area contributed by atoms with Crippen LogP contribution in [0.4, 0.5) is 5.69 Å². The first kappa shape index (κ1) is 36.6. The van der Waals surface area contributed by atoms with E-state index in [1.807, 2.05) is 39.8 Å². The number of allylic oxidation sites excluding steroid dienone is 7. The number of anilines is 1. The zero-order valence-electron chi connectivity index (χ0n) is 26.3. The summed E-state index contributed by atoms with van der Waals surface area (Å²) < 4.78 is 0. The van der Waals surface area contributed by atoms with Crippen molar-refractivity contribution in [3.63, 3.8) is 0 Å². The highest BCUT2D eigenvalue weighted by molar-refractivity contribution is 5.62. The molecule has 208 valence electrons. The third kappa shape index (κ3) is 13.0. The van der Waals surface area contributed by atoms with Gasteiger partial charge < -0.3 is 4.90 Å². The van der Waals surface area contributed by atoms with E-state index in [0.29, 0.717) is 5.41 Å². The topological polar surface area (TPSA) is 3.24 Å². The van der Waals surface area contributed by atoms with Gasteiger partial charge in [0.2, 0.25) is 0 Å². The molecule has 0 saturated carbocycles. The van der Waals surface area contributed by atoms with Crippen LogP contribution in [0.25, 0.3) is 6.08 Å². The van der Waals surface area contributed by atoms with Gasteiger partial charge in [0, 0.05) is 17.9 Å². The number of nitrogens with zero attached hydrogens (tertiary/aromatic N) is 1. The number of hydrogen-bond donors (Lipinski definition) is 0. The molecule has 0 radical (unpaired) electrons. The second-order valence-electron chi connectivity index (χ2n) is 9.75. The Hall–Kier alpha value is -2.54. The molecule has 1 heteroatoms. The molecule has 1 rings (SSSR count). The standard InChI is InChI=1S/C32H47N.2C2H6/c1-10-19-29(23-17-24-32(9,14-5)15-6)33(30-22-16-20-27(11-2)26-30)25-18-21-28(12-3)31(7,8)13-4;2*1-2/h10-12,16-23,26H,1-2,13-15,24-25H2,3-9H3;2*1-2H3/b21-18-,23-17-,28-12+,29-19+;;. The Balaban J connectivity index is 0. The highest BCUT2D eigenvalue weighted by atomic mass is 15.1. The van der Waals surface area contributed by atoms with Gasteiger partial charge in [-0.2, -0.15) is 0 Å². The summed E-state index contributed by atoms with van der Waals surface area (Å²) in [6, 6.07) is 8.55. The average Bonchev–Trinajstić information content (AvgIpc) is 2.94. The molecule has 1 nitrogen and oxygen atoms in total. The maximum absolute atomic E-state index is 3.98. The first-order chi connectivity index (χ1) is 17.7. The van der Waals surface area contributed by atoms with Gasteiger partial charge in [-0.3, -0.25) is 0 Å². The third-order valence-corrected chi connectivity index (χ3v) is 7.19. The summed E-state index contributed by atoms with van der Waals surface area (Å²) in [6.07, 6.45) is 21.8. The summed E-state index contributed by atoms with van der Waals surface area (Å²) in [5.41, 5.74) is 5.30. The molecular weight excluding hydrogens is 446 g/mol. The van der Waals surface area contributed by atoms with Gasteiger partial charge in [0.15, 0.2) is 0 Å². The van der Waals surface area contributed by atoms with Crippen LogP contribution in [0.2, 0.25) is 0 Å². The lowest BCUT2D eigenvalue weighted by Gasteiger charge is -2.28. The molecule has 0 bridgehead atoms. The lowest BCUT2D eigenvalue weighted by molar-refractivity contribution is 0.302. The molecule has 0 aliphatic rings. The van der Waals surface area contributed by atoms with Crippen LogP contribution in [0.3, 0.4) is 0 Å². The zero-order valence-corrected chi connectivity index (χ0v) is 26.3. The van der Waals surface area contributed by atoms with Crippen LogP contribution < -0.4 is 4.90 Å². The predicted octanol–water partition coefficient (Wildman–Crippen LogP) is 12.0. The van der Waals surface area contributed by atoms with Crippen LogP contribution in [-0.4, -0.2) is 6.54 Å². The second-order valence-corrected chi connectivity index (χ2v) is 9.75. The molecule has 0 N–H and O–H groups in total. The SMILES string of the molecule is C=C/C=C(\C=C/CC(C)(CC)CC)N(C/C=C\C(=C/C)C(C)(C)CC)c1cccc(C=C)c1.CC.CC. The van der Waals surface area contributed by atoms with Crippen molar-refractivity contribution in [1.82, 2.24) is 0 Å². The van der Waals surface area contributed by atoms with Gasteiger partial charge in [0.25, 0.3) is 0 Å². The Kier molecular flexibility index (Phi) is 20.3. The first-order valence-electron chi connectivity index (χ1n) is 14.5. The fraction of sp³-hybridized carbons (Fsp3) is 0.500. The molecule has 0 atom stereocenters. The number of benzene rings is 1. The van der Waals surface area contributed by atoms with Crippen LogP contribution in [0.1, 0.15) is 107 Å². The van der Waals surface area contributed by atoms with E-state index in [1.165, 1.54) is 18.4 Å². The quantitative estimate of drug-likeness (QED) is 0.227. The molecule has 0 spiro atoms. The maximum atomic E-state index is 3.98. The van der Waals surface area contributed by atoms with Crippen molar-refractivity contribution in [2.45, 2.75) is 102 Å². The summed E-state index contributed by atoms with van der Waals surface area (Å²) in [5, 5.41) is 0. The molecule has 0 amide bonds. The van der Waals surface area contributed by atoms with E-state index in [0.717, 1.165) is 36.3 Å². The minimum absolute atomic E-state index is 0.170.